The number of hydrogen-bond acceptors (Lipinski definition) is 8. The summed E-state index contributed by atoms with van der Waals surface area (Å²) in [6.45, 7) is 1.68. The highest BCUT2D eigenvalue weighted by Crippen LogP contribution is 2.39. The molecule has 6 aromatic rings. The quantitative estimate of drug-likeness (QED) is 0.0675. The van der Waals surface area contributed by atoms with E-state index in [-0.39, 0.29) is 22.2 Å². The van der Waals surface area contributed by atoms with Crippen LogP contribution in [0.3, 0.4) is 0 Å². The first-order valence-electron chi connectivity index (χ1n) is 17.3. The lowest BCUT2D eigenvalue weighted by Gasteiger charge is -2.17. The van der Waals surface area contributed by atoms with Crippen molar-refractivity contribution in [1.29, 1.82) is 5.26 Å². The van der Waals surface area contributed by atoms with Crippen LogP contribution in [0.1, 0.15) is 47.5 Å². The molecule has 0 saturated carbocycles. The number of para-hydroxylation sites is 1. The Bertz CT molecular complexity index is 2430. The van der Waals surface area contributed by atoms with Crippen LogP contribution < -0.4 is 26.0 Å². The second-order valence-electron chi connectivity index (χ2n) is 12.2. The Morgan fingerprint density at radius 2 is 1.39 bits per heavy atom. The van der Waals surface area contributed by atoms with Gasteiger partial charge in [0, 0.05) is 21.8 Å². The highest BCUT2D eigenvalue weighted by Gasteiger charge is 2.27. The summed E-state index contributed by atoms with van der Waals surface area (Å²) in [6.07, 6.45) is 1.57. The molecule has 4 amide bonds. The Kier molecular flexibility index (Phi) is 12.7. The van der Waals surface area contributed by atoms with Gasteiger partial charge in [0.25, 0.3) is 17.7 Å². The molecule has 278 valence electrons. The largest absolute Gasteiger partial charge is 0.497 e. The predicted octanol–water partition coefficient (Wildman–Crippen LogP) is 9.07. The minimum Gasteiger partial charge on any atom is -0.497 e. The Hall–Kier alpha value is -6.94. The van der Waals surface area contributed by atoms with Gasteiger partial charge in [0.15, 0.2) is 0 Å². The van der Waals surface area contributed by atoms with Gasteiger partial charge in [0.1, 0.15) is 27.8 Å². The number of hydrogen-bond donors (Lipinski definition) is 4. The van der Waals surface area contributed by atoms with Gasteiger partial charge in [-0.1, -0.05) is 84.9 Å². The lowest BCUT2D eigenvalue weighted by molar-refractivity contribution is -0.116. The zero-order valence-corrected chi connectivity index (χ0v) is 31.9. The van der Waals surface area contributed by atoms with Crippen LogP contribution in [0, 0.1) is 18.3 Å². The van der Waals surface area contributed by atoms with Gasteiger partial charge in [-0.15, -0.1) is 23.1 Å². The molecule has 0 spiro atoms. The van der Waals surface area contributed by atoms with Crippen molar-refractivity contribution >= 4 is 69.2 Å². The number of nitriles is 1. The van der Waals surface area contributed by atoms with Crippen molar-refractivity contribution < 1.29 is 23.9 Å². The van der Waals surface area contributed by atoms with E-state index in [1.807, 2.05) is 42.5 Å². The summed E-state index contributed by atoms with van der Waals surface area (Å²) in [5.41, 5.74) is 3.47. The molecule has 4 N–H and O–H groups in total. The van der Waals surface area contributed by atoms with Crippen molar-refractivity contribution in [3.8, 4) is 11.8 Å². The summed E-state index contributed by atoms with van der Waals surface area (Å²) >= 11 is 2.29. The summed E-state index contributed by atoms with van der Waals surface area (Å²) in [5.74, 6) is -1.16. The molecule has 1 unspecified atom stereocenters. The standard InChI is InChI=1S/C44H35N5O5S2/c1-28-36(27-45)44(56-38(28)42(52)46-32-17-10-5-11-18-32)49-43(53)39(30-13-6-3-7-14-30)55-35-20-12-19-33(26-35)47-41(51)37(25-29-21-23-34(54-2)24-22-29)48-40(50)31-15-8-4-9-16-31/h3-26,39H,1-2H3,(H,46,52)(H,47,51)(H,48,50)(H,49,53)/b37-25+. The number of amides is 4. The normalized spacial score (nSPS) is 11.4. The van der Waals surface area contributed by atoms with E-state index in [4.69, 9.17) is 4.74 Å². The van der Waals surface area contributed by atoms with Gasteiger partial charge in [-0.25, -0.2) is 0 Å². The van der Waals surface area contributed by atoms with Crippen molar-refractivity contribution in [2.75, 3.05) is 23.1 Å². The van der Waals surface area contributed by atoms with Crippen LogP contribution in [0.4, 0.5) is 16.4 Å². The number of thiophene rings is 1. The van der Waals surface area contributed by atoms with Crippen molar-refractivity contribution in [2.45, 2.75) is 17.1 Å². The highest BCUT2D eigenvalue weighted by molar-refractivity contribution is 8.00. The van der Waals surface area contributed by atoms with Gasteiger partial charge in [0.05, 0.1) is 17.6 Å². The van der Waals surface area contributed by atoms with E-state index in [9.17, 15) is 24.4 Å². The van der Waals surface area contributed by atoms with E-state index in [1.54, 1.807) is 117 Å². The molecule has 0 radical (unpaired) electrons. The van der Waals surface area contributed by atoms with Crippen LogP contribution in [-0.4, -0.2) is 30.7 Å². The summed E-state index contributed by atoms with van der Waals surface area (Å²) in [6, 6.07) is 42.9. The molecular weight excluding hydrogens is 743 g/mol. The molecule has 0 aliphatic rings. The van der Waals surface area contributed by atoms with Gasteiger partial charge >= 0.3 is 0 Å². The van der Waals surface area contributed by atoms with Crippen molar-refractivity contribution in [3.05, 3.63) is 178 Å². The predicted molar refractivity (Wildman–Crippen MR) is 222 cm³/mol. The third-order valence-electron chi connectivity index (χ3n) is 8.38. The van der Waals surface area contributed by atoms with Crippen LogP contribution in [0.2, 0.25) is 0 Å². The number of benzene rings is 5. The maximum Gasteiger partial charge on any atom is 0.272 e. The number of rotatable bonds is 13. The van der Waals surface area contributed by atoms with Gasteiger partial charge in [-0.3, -0.25) is 19.2 Å². The minimum atomic E-state index is -0.784. The zero-order valence-electron chi connectivity index (χ0n) is 30.2. The molecule has 1 aromatic heterocycles. The fraction of sp³-hybridized carbons (Fsp3) is 0.0682. The first-order chi connectivity index (χ1) is 27.2. The maximum atomic E-state index is 14.1. The summed E-state index contributed by atoms with van der Waals surface area (Å²) in [5, 5.41) is 20.9. The molecule has 1 atom stereocenters. The second kappa shape index (κ2) is 18.4. The average Bonchev–Trinajstić information content (AvgIpc) is 3.54. The van der Waals surface area contributed by atoms with E-state index >= 15 is 0 Å². The number of nitrogens with zero attached hydrogens (tertiary/aromatic N) is 1. The van der Waals surface area contributed by atoms with E-state index < -0.39 is 23.0 Å². The minimum absolute atomic E-state index is 0.0139. The summed E-state index contributed by atoms with van der Waals surface area (Å²) in [4.78, 5) is 55.2. The molecule has 10 nitrogen and oxygen atoms in total. The van der Waals surface area contributed by atoms with E-state index in [0.717, 1.165) is 11.3 Å². The number of methoxy groups -OCH3 is 1. The lowest BCUT2D eigenvalue weighted by atomic mass is 10.1. The molecular formula is C44H35N5O5S2. The van der Waals surface area contributed by atoms with Crippen molar-refractivity contribution in [1.82, 2.24) is 5.32 Å². The molecule has 6 rings (SSSR count). The number of ether oxygens (including phenoxy) is 1. The molecule has 0 aliphatic carbocycles. The molecule has 1 heterocycles. The van der Waals surface area contributed by atoms with Crippen molar-refractivity contribution in [2.24, 2.45) is 0 Å². The van der Waals surface area contributed by atoms with Gasteiger partial charge < -0.3 is 26.0 Å². The first kappa shape index (κ1) is 38.8. The molecule has 0 saturated heterocycles. The topological polar surface area (TPSA) is 149 Å². The fourth-order valence-electron chi connectivity index (χ4n) is 5.53. The zero-order chi connectivity index (χ0) is 39.4. The summed E-state index contributed by atoms with van der Waals surface area (Å²) in [7, 11) is 1.56. The summed E-state index contributed by atoms with van der Waals surface area (Å²) < 4.78 is 5.25. The third kappa shape index (κ3) is 9.78. The molecule has 5 aromatic carbocycles. The number of nitrogens with one attached hydrogen (secondary N) is 4. The molecule has 56 heavy (non-hydrogen) atoms. The van der Waals surface area contributed by atoms with Crippen LogP contribution in [0.25, 0.3) is 6.08 Å². The molecule has 0 bridgehead atoms. The molecule has 12 heteroatoms. The Labute approximate surface area is 332 Å². The highest BCUT2D eigenvalue weighted by atomic mass is 32.2. The second-order valence-corrected chi connectivity index (χ2v) is 14.4. The maximum absolute atomic E-state index is 14.1. The van der Waals surface area contributed by atoms with E-state index in [2.05, 4.69) is 27.3 Å². The number of anilines is 3. The van der Waals surface area contributed by atoms with E-state index in [0.29, 0.717) is 49.2 Å². The monoisotopic (exact) mass is 777 g/mol. The van der Waals surface area contributed by atoms with Crippen LogP contribution in [0.5, 0.6) is 5.75 Å². The Balaban J connectivity index is 1.23. The first-order valence-corrected chi connectivity index (χ1v) is 19.0. The fourth-order valence-corrected chi connectivity index (χ4v) is 7.67. The Morgan fingerprint density at radius 1 is 0.750 bits per heavy atom. The van der Waals surface area contributed by atoms with Gasteiger partial charge in [-0.2, -0.15) is 5.26 Å². The van der Waals surface area contributed by atoms with E-state index in [1.165, 1.54) is 11.8 Å². The van der Waals surface area contributed by atoms with Crippen LogP contribution in [-0.2, 0) is 9.59 Å². The van der Waals surface area contributed by atoms with Gasteiger partial charge in [-0.05, 0) is 84.3 Å². The Morgan fingerprint density at radius 3 is 2.05 bits per heavy atom. The number of thioether (sulfide) groups is 1. The number of carbonyl (C=O) groups excluding carboxylic acids is 4. The van der Waals surface area contributed by atoms with Crippen LogP contribution >= 0.6 is 23.1 Å². The van der Waals surface area contributed by atoms with Gasteiger partial charge in [0.2, 0.25) is 5.91 Å². The SMILES string of the molecule is COc1ccc(/C=C(/NC(=O)c2ccccc2)C(=O)Nc2cccc(SC(C(=O)Nc3sc(C(=O)Nc4ccccc4)c(C)c3C#N)c3ccccc3)c2)cc1. The number of carbonyl (C=O) groups is 4. The average molecular weight is 778 g/mol. The lowest BCUT2D eigenvalue weighted by Crippen LogP contribution is -2.30. The van der Waals surface area contributed by atoms with Crippen LogP contribution in [0.15, 0.2) is 150 Å². The smallest absolute Gasteiger partial charge is 0.272 e. The molecule has 0 fully saturated rings. The molecule has 0 aliphatic heterocycles. The third-order valence-corrected chi connectivity index (χ3v) is 10.8. The van der Waals surface area contributed by atoms with Crippen molar-refractivity contribution in [3.63, 3.8) is 0 Å².